The summed E-state index contributed by atoms with van der Waals surface area (Å²) in [6, 6.07) is 16.7. The van der Waals surface area contributed by atoms with Crippen LogP contribution < -0.4 is 0 Å². The van der Waals surface area contributed by atoms with Gasteiger partial charge in [0.05, 0.1) is 17.4 Å². The molecular formula is C18H16N4. The normalized spacial score (nSPS) is 11.1. The van der Waals surface area contributed by atoms with Crippen molar-refractivity contribution in [3.05, 3.63) is 73.1 Å². The Morgan fingerprint density at radius 3 is 2.68 bits per heavy atom. The van der Waals surface area contributed by atoms with Crippen LogP contribution in [0.5, 0.6) is 0 Å². The van der Waals surface area contributed by atoms with Crippen molar-refractivity contribution in [3.8, 4) is 11.4 Å². The lowest BCUT2D eigenvalue weighted by molar-refractivity contribution is 0.905. The predicted octanol–water partition coefficient (Wildman–Crippen LogP) is 3.77. The zero-order chi connectivity index (χ0) is 14.9. The SMILES string of the molecule is CCc1nc2ccccc2n1-c1cccc(-n2ccnc2)c1. The molecule has 0 saturated heterocycles. The Bertz CT molecular complexity index is 919. The highest BCUT2D eigenvalue weighted by molar-refractivity contribution is 5.78. The van der Waals surface area contributed by atoms with Crippen molar-refractivity contribution in [2.75, 3.05) is 0 Å². The summed E-state index contributed by atoms with van der Waals surface area (Å²) in [5.41, 5.74) is 4.39. The molecule has 0 aliphatic rings. The lowest BCUT2D eigenvalue weighted by atomic mass is 10.2. The number of aromatic nitrogens is 4. The molecule has 4 nitrogen and oxygen atoms in total. The molecule has 0 spiro atoms. The second-order valence-electron chi connectivity index (χ2n) is 5.20. The number of fused-ring (bicyclic) bond motifs is 1. The van der Waals surface area contributed by atoms with Gasteiger partial charge in [-0.3, -0.25) is 4.57 Å². The van der Waals surface area contributed by atoms with Crippen LogP contribution in [0.3, 0.4) is 0 Å². The predicted molar refractivity (Wildman–Crippen MR) is 87.6 cm³/mol. The molecule has 2 heterocycles. The Morgan fingerprint density at radius 2 is 1.86 bits per heavy atom. The Hall–Kier alpha value is -2.88. The highest BCUT2D eigenvalue weighted by Gasteiger charge is 2.11. The number of benzene rings is 2. The number of para-hydroxylation sites is 2. The van der Waals surface area contributed by atoms with E-state index in [2.05, 4.69) is 58.9 Å². The third-order valence-electron chi connectivity index (χ3n) is 3.84. The molecule has 0 atom stereocenters. The molecule has 0 amide bonds. The molecule has 0 bridgehead atoms. The van der Waals surface area contributed by atoms with Gasteiger partial charge in [-0.05, 0) is 30.3 Å². The standard InChI is InChI=1S/C18H16N4/c1-2-18-20-16-8-3-4-9-17(16)22(18)15-7-5-6-14(12-15)21-11-10-19-13-21/h3-13H,2H2,1H3. The van der Waals surface area contributed by atoms with Crippen LogP contribution in [0.1, 0.15) is 12.7 Å². The fourth-order valence-electron chi connectivity index (χ4n) is 2.81. The maximum atomic E-state index is 4.74. The first-order valence-corrected chi connectivity index (χ1v) is 7.42. The first-order chi connectivity index (χ1) is 10.9. The van der Waals surface area contributed by atoms with E-state index in [0.29, 0.717) is 0 Å². The lowest BCUT2D eigenvalue weighted by Gasteiger charge is -2.10. The van der Waals surface area contributed by atoms with Crippen molar-refractivity contribution in [2.24, 2.45) is 0 Å². The van der Waals surface area contributed by atoms with Crippen LogP contribution in [0.15, 0.2) is 67.3 Å². The highest BCUT2D eigenvalue weighted by atomic mass is 15.1. The first kappa shape index (κ1) is 12.8. The second-order valence-corrected chi connectivity index (χ2v) is 5.20. The fraction of sp³-hybridized carbons (Fsp3) is 0.111. The first-order valence-electron chi connectivity index (χ1n) is 7.42. The summed E-state index contributed by atoms with van der Waals surface area (Å²) in [6.45, 7) is 2.14. The van der Waals surface area contributed by atoms with E-state index >= 15 is 0 Å². The van der Waals surface area contributed by atoms with Gasteiger partial charge in [0.2, 0.25) is 0 Å². The molecule has 22 heavy (non-hydrogen) atoms. The van der Waals surface area contributed by atoms with Crippen LogP contribution in [0.4, 0.5) is 0 Å². The van der Waals surface area contributed by atoms with E-state index in [-0.39, 0.29) is 0 Å². The molecule has 0 N–H and O–H groups in total. The van der Waals surface area contributed by atoms with E-state index in [1.807, 2.05) is 23.2 Å². The van der Waals surface area contributed by atoms with Crippen LogP contribution in [0, 0.1) is 0 Å². The lowest BCUT2D eigenvalue weighted by Crippen LogP contribution is -2.01. The summed E-state index contributed by atoms with van der Waals surface area (Å²) in [4.78, 5) is 8.86. The molecule has 2 aromatic carbocycles. The van der Waals surface area contributed by atoms with Gasteiger partial charge in [-0.2, -0.15) is 0 Å². The summed E-state index contributed by atoms with van der Waals surface area (Å²) >= 11 is 0. The van der Waals surface area contributed by atoms with Crippen molar-refractivity contribution < 1.29 is 0 Å². The Balaban J connectivity index is 1.94. The molecule has 4 aromatic rings. The molecule has 2 aromatic heterocycles. The van der Waals surface area contributed by atoms with Crippen molar-refractivity contribution in [1.82, 2.24) is 19.1 Å². The molecule has 0 radical (unpaired) electrons. The van der Waals surface area contributed by atoms with Crippen LogP contribution in [-0.4, -0.2) is 19.1 Å². The van der Waals surface area contributed by atoms with Gasteiger partial charge < -0.3 is 4.57 Å². The van der Waals surface area contributed by atoms with Gasteiger partial charge >= 0.3 is 0 Å². The van der Waals surface area contributed by atoms with Crippen LogP contribution in [-0.2, 0) is 6.42 Å². The maximum Gasteiger partial charge on any atom is 0.114 e. The minimum absolute atomic E-state index is 0.893. The van der Waals surface area contributed by atoms with Gasteiger partial charge in [0, 0.05) is 30.2 Å². The molecule has 0 aliphatic heterocycles. The molecule has 108 valence electrons. The van der Waals surface area contributed by atoms with Crippen molar-refractivity contribution in [3.63, 3.8) is 0 Å². The van der Waals surface area contributed by atoms with Crippen LogP contribution in [0.25, 0.3) is 22.4 Å². The third kappa shape index (κ3) is 2.00. The fourth-order valence-corrected chi connectivity index (χ4v) is 2.81. The smallest absolute Gasteiger partial charge is 0.114 e. The van der Waals surface area contributed by atoms with E-state index in [4.69, 9.17) is 4.98 Å². The number of hydrogen-bond donors (Lipinski definition) is 0. The molecule has 4 rings (SSSR count). The number of aryl methyl sites for hydroxylation is 1. The average Bonchev–Trinajstić information content (AvgIpc) is 3.22. The van der Waals surface area contributed by atoms with Crippen LogP contribution in [0.2, 0.25) is 0 Å². The Morgan fingerprint density at radius 1 is 1.00 bits per heavy atom. The Kier molecular flexibility index (Phi) is 3.00. The van der Waals surface area contributed by atoms with Crippen molar-refractivity contribution >= 4 is 11.0 Å². The third-order valence-corrected chi connectivity index (χ3v) is 3.84. The van der Waals surface area contributed by atoms with Gasteiger partial charge in [-0.25, -0.2) is 9.97 Å². The largest absolute Gasteiger partial charge is 0.306 e. The zero-order valence-corrected chi connectivity index (χ0v) is 12.3. The molecule has 4 heteroatoms. The topological polar surface area (TPSA) is 35.6 Å². The van der Waals surface area contributed by atoms with Gasteiger partial charge in [0.15, 0.2) is 0 Å². The second kappa shape index (κ2) is 5.15. The van der Waals surface area contributed by atoms with E-state index in [1.54, 1.807) is 6.20 Å². The summed E-state index contributed by atoms with van der Waals surface area (Å²) in [5.74, 6) is 1.07. The molecule has 0 aliphatic carbocycles. The average molecular weight is 288 g/mol. The Labute approximate surface area is 128 Å². The van der Waals surface area contributed by atoms with Gasteiger partial charge in [-0.15, -0.1) is 0 Å². The number of nitrogens with zero attached hydrogens (tertiary/aromatic N) is 4. The molecule has 0 saturated carbocycles. The van der Waals surface area contributed by atoms with E-state index in [0.717, 1.165) is 34.7 Å². The van der Waals surface area contributed by atoms with Gasteiger partial charge in [-0.1, -0.05) is 25.1 Å². The number of imidazole rings is 2. The van der Waals surface area contributed by atoms with E-state index < -0.39 is 0 Å². The van der Waals surface area contributed by atoms with Crippen molar-refractivity contribution in [2.45, 2.75) is 13.3 Å². The van der Waals surface area contributed by atoms with Crippen molar-refractivity contribution in [1.29, 1.82) is 0 Å². The minimum Gasteiger partial charge on any atom is -0.306 e. The number of hydrogen-bond acceptors (Lipinski definition) is 2. The summed E-state index contributed by atoms with van der Waals surface area (Å²) in [6.07, 6.45) is 6.44. The number of rotatable bonds is 3. The van der Waals surface area contributed by atoms with Crippen LogP contribution >= 0.6 is 0 Å². The summed E-state index contributed by atoms with van der Waals surface area (Å²) < 4.78 is 4.24. The van der Waals surface area contributed by atoms with Gasteiger partial charge in [0.1, 0.15) is 5.82 Å². The molecule has 0 unspecified atom stereocenters. The van der Waals surface area contributed by atoms with Gasteiger partial charge in [0.25, 0.3) is 0 Å². The van der Waals surface area contributed by atoms with E-state index in [1.165, 1.54) is 0 Å². The molecule has 0 fully saturated rings. The van der Waals surface area contributed by atoms with E-state index in [9.17, 15) is 0 Å². The summed E-state index contributed by atoms with van der Waals surface area (Å²) in [7, 11) is 0. The monoisotopic (exact) mass is 288 g/mol. The zero-order valence-electron chi connectivity index (χ0n) is 12.3. The highest BCUT2D eigenvalue weighted by Crippen LogP contribution is 2.23. The summed E-state index contributed by atoms with van der Waals surface area (Å²) in [5, 5.41) is 0. The maximum absolute atomic E-state index is 4.74. The molecular weight excluding hydrogens is 272 g/mol. The minimum atomic E-state index is 0.893. The quantitative estimate of drug-likeness (QED) is 0.575.